The van der Waals surface area contributed by atoms with Crippen molar-refractivity contribution in [3.8, 4) is 0 Å². The van der Waals surface area contributed by atoms with Crippen LogP contribution in [0.5, 0.6) is 0 Å². The van der Waals surface area contributed by atoms with E-state index in [4.69, 9.17) is 28.5 Å². The highest BCUT2D eigenvalue weighted by Crippen LogP contribution is 2.44. The van der Waals surface area contributed by atoms with Crippen LogP contribution in [0.25, 0.3) is 0 Å². The summed E-state index contributed by atoms with van der Waals surface area (Å²) in [5, 5.41) is 9.74. The van der Waals surface area contributed by atoms with Gasteiger partial charge in [-0.3, -0.25) is 23.2 Å². The minimum absolute atomic E-state index is 0.0650. The molecule has 1 rings (SSSR count). The Labute approximate surface area is 353 Å². The van der Waals surface area contributed by atoms with Gasteiger partial charge in [0.1, 0.15) is 12.7 Å². The van der Waals surface area contributed by atoms with Crippen molar-refractivity contribution in [2.24, 2.45) is 5.92 Å². The van der Waals surface area contributed by atoms with Gasteiger partial charge in [0.2, 0.25) is 0 Å². The molecular formula is C43H74O14P2. The molecule has 0 bridgehead atoms. The van der Waals surface area contributed by atoms with E-state index in [-0.39, 0.29) is 12.8 Å². The van der Waals surface area contributed by atoms with E-state index >= 15 is 0 Å². The van der Waals surface area contributed by atoms with Gasteiger partial charge in [0.25, 0.3) is 0 Å². The molecule has 1 aliphatic heterocycles. The van der Waals surface area contributed by atoms with Gasteiger partial charge in [-0.25, -0.2) is 9.13 Å². The number of epoxide rings is 1. The average molecular weight is 877 g/mol. The number of aliphatic hydroxyl groups is 1. The predicted molar refractivity (Wildman–Crippen MR) is 229 cm³/mol. The van der Waals surface area contributed by atoms with Gasteiger partial charge >= 0.3 is 27.6 Å². The number of allylic oxidation sites excluding steroid dienone is 8. The Morgan fingerprint density at radius 3 is 1.71 bits per heavy atom. The monoisotopic (exact) mass is 876 g/mol. The molecule has 4 N–H and O–H groups in total. The number of hydrogen-bond donors (Lipinski definition) is 4. The fourth-order valence-corrected chi connectivity index (χ4v) is 6.81. The maximum atomic E-state index is 12.6. The summed E-state index contributed by atoms with van der Waals surface area (Å²) in [6.45, 7) is 3.81. The van der Waals surface area contributed by atoms with Crippen LogP contribution < -0.4 is 0 Å². The highest BCUT2D eigenvalue weighted by molar-refractivity contribution is 7.47. The van der Waals surface area contributed by atoms with Crippen LogP contribution in [0.1, 0.15) is 143 Å². The van der Waals surface area contributed by atoms with Gasteiger partial charge in [-0.05, 0) is 57.3 Å². The van der Waals surface area contributed by atoms with Crippen molar-refractivity contribution in [3.05, 3.63) is 60.8 Å². The van der Waals surface area contributed by atoms with E-state index in [1.807, 2.05) is 18.2 Å². The van der Waals surface area contributed by atoms with Crippen molar-refractivity contribution in [1.82, 2.24) is 0 Å². The maximum Gasteiger partial charge on any atom is 0.472 e. The van der Waals surface area contributed by atoms with Crippen molar-refractivity contribution < 1.29 is 66.3 Å². The summed E-state index contributed by atoms with van der Waals surface area (Å²) in [6.07, 6.45) is 35.7. The summed E-state index contributed by atoms with van der Waals surface area (Å²) >= 11 is 0. The van der Waals surface area contributed by atoms with Gasteiger partial charge in [-0.1, -0.05) is 139 Å². The number of phosphoric acid groups is 2. The van der Waals surface area contributed by atoms with E-state index in [9.17, 15) is 28.7 Å². The van der Waals surface area contributed by atoms with E-state index in [2.05, 4.69) is 72.4 Å². The summed E-state index contributed by atoms with van der Waals surface area (Å²) in [7, 11) is -9.70. The average Bonchev–Trinajstić information content (AvgIpc) is 3.93. The molecule has 0 aromatic carbocycles. The standard InChI is InChI=1S/C43H74O14P2/c1-4-5-23-29-40-41(57-40)30-25-20-16-12-8-6-7-9-13-17-21-26-31-42(45)52-35-39(36-55-59(50,51)54-34-38(44)33-53-58(47,48)49)56-43(46)32-27-22-18-14-10-11-15-19-24-28-37(2)3/h5,7-9,12,17,20-21,23,25,37-41,44H,4,6,10-11,13-16,18-19,22,24,26-36H2,1-3H3,(H,50,51)(H2,47,48,49)/b9-7-,12-8-,21-17-,23-5-,25-20-/t38-,39+,40?,41?/m0/s1. The van der Waals surface area contributed by atoms with Crippen molar-refractivity contribution in [3.63, 3.8) is 0 Å². The number of hydrogen-bond acceptors (Lipinski definition) is 11. The largest absolute Gasteiger partial charge is 0.472 e. The molecule has 0 aliphatic carbocycles. The van der Waals surface area contributed by atoms with Gasteiger partial charge in [0.15, 0.2) is 6.10 Å². The minimum atomic E-state index is -4.87. The number of carbonyl (C=O) groups excluding carboxylic acids is 2. The van der Waals surface area contributed by atoms with Gasteiger partial charge in [-0.2, -0.15) is 0 Å². The first kappa shape index (κ1) is 54.8. The Hall–Kier alpha value is -2.22. The molecule has 3 unspecified atom stereocenters. The molecule has 0 aromatic heterocycles. The summed E-state index contributed by atoms with van der Waals surface area (Å²) in [6, 6.07) is 0. The van der Waals surface area contributed by atoms with Crippen molar-refractivity contribution >= 4 is 27.6 Å². The second-order valence-electron chi connectivity index (χ2n) is 15.1. The van der Waals surface area contributed by atoms with E-state index in [0.717, 1.165) is 63.7 Å². The highest BCUT2D eigenvalue weighted by Gasteiger charge is 2.36. The molecule has 340 valence electrons. The lowest BCUT2D eigenvalue weighted by atomic mass is 10.0. The van der Waals surface area contributed by atoms with E-state index in [1.54, 1.807) is 0 Å². The zero-order valence-electron chi connectivity index (χ0n) is 35.7. The van der Waals surface area contributed by atoms with E-state index in [0.29, 0.717) is 31.5 Å². The fraction of sp³-hybridized carbons (Fsp3) is 0.721. The van der Waals surface area contributed by atoms with Crippen LogP contribution in [0.2, 0.25) is 0 Å². The van der Waals surface area contributed by atoms with Gasteiger partial charge in [0, 0.05) is 12.8 Å². The lowest BCUT2D eigenvalue weighted by molar-refractivity contribution is -0.161. The first-order chi connectivity index (χ1) is 28.2. The Morgan fingerprint density at radius 1 is 0.627 bits per heavy atom. The quantitative estimate of drug-likeness (QED) is 0.0150. The molecule has 5 atom stereocenters. The number of phosphoric ester groups is 2. The molecule has 16 heteroatoms. The van der Waals surface area contributed by atoms with Crippen LogP contribution in [0.4, 0.5) is 0 Å². The number of ether oxygens (including phenoxy) is 3. The first-order valence-corrected chi connectivity index (χ1v) is 24.5. The van der Waals surface area contributed by atoms with E-state index < -0.39 is 66.2 Å². The normalized spacial score (nSPS) is 18.2. The summed E-state index contributed by atoms with van der Waals surface area (Å²) < 4.78 is 53.3. The first-order valence-electron chi connectivity index (χ1n) is 21.5. The Bertz CT molecular complexity index is 1360. The summed E-state index contributed by atoms with van der Waals surface area (Å²) in [5.74, 6) is -0.391. The van der Waals surface area contributed by atoms with Crippen molar-refractivity contribution in [1.29, 1.82) is 0 Å². The minimum Gasteiger partial charge on any atom is -0.462 e. The molecule has 1 aliphatic rings. The van der Waals surface area contributed by atoms with E-state index in [1.165, 1.54) is 32.1 Å². The highest BCUT2D eigenvalue weighted by atomic mass is 31.2. The molecule has 59 heavy (non-hydrogen) atoms. The Morgan fingerprint density at radius 2 is 1.14 bits per heavy atom. The SMILES string of the molecule is CC/C=C\CC1OC1C/C=C\C/C=C\C/C=C\C/C=C\CCC(=O)OC[C@H](COP(=O)(O)OC[C@@H](O)COP(=O)(O)O)OC(=O)CCCCCCCCCCCC(C)C. The molecule has 0 aromatic rings. The van der Waals surface area contributed by atoms with Crippen LogP contribution in [0.15, 0.2) is 60.8 Å². The second-order valence-corrected chi connectivity index (χ2v) is 17.8. The van der Waals surface area contributed by atoms with Crippen molar-refractivity contribution in [2.45, 2.75) is 167 Å². The lowest BCUT2D eigenvalue weighted by Gasteiger charge is -2.20. The molecule has 0 spiro atoms. The molecule has 0 radical (unpaired) electrons. The van der Waals surface area contributed by atoms with Crippen LogP contribution in [0.3, 0.4) is 0 Å². The number of esters is 2. The molecule has 1 heterocycles. The molecule has 0 saturated carbocycles. The molecule has 1 fully saturated rings. The summed E-state index contributed by atoms with van der Waals surface area (Å²) in [4.78, 5) is 52.6. The van der Waals surface area contributed by atoms with Crippen LogP contribution in [-0.2, 0) is 46.5 Å². The molecule has 14 nitrogen and oxygen atoms in total. The maximum absolute atomic E-state index is 12.6. The van der Waals surface area contributed by atoms with Crippen molar-refractivity contribution in [2.75, 3.05) is 26.4 Å². The van der Waals surface area contributed by atoms with Gasteiger partial charge < -0.3 is 34.0 Å². The predicted octanol–water partition coefficient (Wildman–Crippen LogP) is 9.68. The van der Waals surface area contributed by atoms with Crippen LogP contribution >= 0.6 is 15.6 Å². The molecular weight excluding hydrogens is 802 g/mol. The number of aliphatic hydroxyl groups excluding tert-OH is 1. The fourth-order valence-electron chi connectivity index (χ4n) is 5.66. The van der Waals surface area contributed by atoms with Crippen LogP contribution in [-0.4, -0.2) is 82.6 Å². The third-order valence-corrected chi connectivity index (χ3v) is 10.4. The third kappa shape index (κ3) is 36.2. The zero-order valence-corrected chi connectivity index (χ0v) is 37.5. The third-order valence-electron chi connectivity index (χ3n) is 9.00. The molecule has 0 amide bonds. The lowest BCUT2D eigenvalue weighted by Crippen LogP contribution is -2.29. The summed E-state index contributed by atoms with van der Waals surface area (Å²) in [5.41, 5.74) is 0. The van der Waals surface area contributed by atoms with Gasteiger partial charge in [-0.15, -0.1) is 0 Å². The Kier molecular flexibility index (Phi) is 31.9. The van der Waals surface area contributed by atoms with Gasteiger partial charge in [0.05, 0.1) is 32.0 Å². The number of rotatable bonds is 38. The topological polar surface area (TPSA) is 208 Å². The smallest absolute Gasteiger partial charge is 0.462 e. The van der Waals surface area contributed by atoms with Crippen LogP contribution in [0, 0.1) is 5.92 Å². The number of unbranched alkanes of at least 4 members (excludes halogenated alkanes) is 8. The Balaban J connectivity index is 2.40. The zero-order chi connectivity index (χ0) is 43.6. The number of carbonyl (C=O) groups is 2. The molecule has 1 saturated heterocycles. The second kappa shape index (κ2) is 34.4.